The van der Waals surface area contributed by atoms with E-state index in [0.29, 0.717) is 18.8 Å². The van der Waals surface area contributed by atoms with Gasteiger partial charge < -0.3 is 15.0 Å². The van der Waals surface area contributed by atoms with Crippen molar-refractivity contribution in [3.63, 3.8) is 0 Å². The van der Waals surface area contributed by atoms with Gasteiger partial charge in [0.1, 0.15) is 11.5 Å². The van der Waals surface area contributed by atoms with Crippen molar-refractivity contribution in [2.75, 3.05) is 38.2 Å². The lowest BCUT2D eigenvalue weighted by molar-refractivity contribution is -0.140. The van der Waals surface area contributed by atoms with Crippen LogP contribution in [0.3, 0.4) is 0 Å². The van der Waals surface area contributed by atoms with E-state index >= 15 is 0 Å². The first-order valence-corrected chi connectivity index (χ1v) is 7.78. The number of nitrogens with one attached hydrogen (secondary N) is 1. The number of methoxy groups -OCH3 is 1. The summed E-state index contributed by atoms with van der Waals surface area (Å²) in [6.45, 7) is 2.70. The summed E-state index contributed by atoms with van der Waals surface area (Å²) in [6.07, 6.45) is -4.65. The standard InChI is InChI=1S/C17H17F4N3O/c1-25-16-14(24-8-6-22-7-9-24)10-13(15(23-16)17(19,20)21)11-2-4-12(18)5-3-11/h2-5,10,22H,6-9H2,1H3. The van der Waals surface area contributed by atoms with Crippen LogP contribution in [0.5, 0.6) is 5.88 Å². The number of rotatable bonds is 3. The largest absolute Gasteiger partial charge is 0.480 e. The lowest BCUT2D eigenvalue weighted by Crippen LogP contribution is -2.43. The zero-order valence-corrected chi connectivity index (χ0v) is 13.5. The molecule has 0 spiro atoms. The van der Waals surface area contributed by atoms with Gasteiger partial charge in [-0.3, -0.25) is 0 Å². The van der Waals surface area contributed by atoms with Gasteiger partial charge in [-0.05, 0) is 23.8 Å². The Morgan fingerprint density at radius 1 is 1.12 bits per heavy atom. The van der Waals surface area contributed by atoms with E-state index in [1.54, 1.807) is 0 Å². The van der Waals surface area contributed by atoms with Crippen LogP contribution in [0.4, 0.5) is 23.2 Å². The molecule has 1 saturated heterocycles. The average molecular weight is 355 g/mol. The van der Waals surface area contributed by atoms with Crippen LogP contribution in [0.1, 0.15) is 5.69 Å². The summed E-state index contributed by atoms with van der Waals surface area (Å²) in [5.41, 5.74) is -0.395. The van der Waals surface area contributed by atoms with Gasteiger partial charge in [0.2, 0.25) is 5.88 Å². The van der Waals surface area contributed by atoms with Crippen LogP contribution < -0.4 is 15.0 Å². The first kappa shape index (κ1) is 17.5. The molecule has 2 heterocycles. The van der Waals surface area contributed by atoms with Gasteiger partial charge in [0.05, 0.1) is 7.11 Å². The van der Waals surface area contributed by atoms with Crippen molar-refractivity contribution in [3.8, 4) is 17.0 Å². The number of ether oxygens (including phenoxy) is 1. The monoisotopic (exact) mass is 355 g/mol. The van der Waals surface area contributed by atoms with Gasteiger partial charge in [0, 0.05) is 31.7 Å². The summed E-state index contributed by atoms with van der Waals surface area (Å²) in [4.78, 5) is 5.66. The maximum Gasteiger partial charge on any atom is 0.434 e. The number of halogens is 4. The molecule has 0 saturated carbocycles. The molecule has 3 rings (SSSR count). The highest BCUT2D eigenvalue weighted by Gasteiger charge is 2.37. The zero-order valence-electron chi connectivity index (χ0n) is 13.5. The lowest BCUT2D eigenvalue weighted by Gasteiger charge is -2.31. The number of hydrogen-bond donors (Lipinski definition) is 1. The Labute approximate surface area is 142 Å². The zero-order chi connectivity index (χ0) is 18.0. The summed E-state index contributed by atoms with van der Waals surface area (Å²) >= 11 is 0. The number of alkyl halides is 3. The fourth-order valence-corrected chi connectivity index (χ4v) is 2.83. The first-order chi connectivity index (χ1) is 11.9. The molecule has 25 heavy (non-hydrogen) atoms. The van der Waals surface area contributed by atoms with Crippen molar-refractivity contribution < 1.29 is 22.3 Å². The topological polar surface area (TPSA) is 37.4 Å². The highest BCUT2D eigenvalue weighted by molar-refractivity contribution is 5.73. The predicted molar refractivity (Wildman–Crippen MR) is 86.3 cm³/mol. The maximum atomic E-state index is 13.5. The van der Waals surface area contributed by atoms with Crippen molar-refractivity contribution in [3.05, 3.63) is 41.8 Å². The maximum absolute atomic E-state index is 13.5. The molecule has 1 fully saturated rings. The van der Waals surface area contributed by atoms with Crippen molar-refractivity contribution in [1.82, 2.24) is 10.3 Å². The first-order valence-electron chi connectivity index (χ1n) is 7.78. The second kappa shape index (κ2) is 6.87. The van der Waals surface area contributed by atoms with Gasteiger partial charge >= 0.3 is 6.18 Å². The van der Waals surface area contributed by atoms with Gasteiger partial charge in [0.25, 0.3) is 0 Å². The molecule has 1 aromatic carbocycles. The van der Waals surface area contributed by atoms with Crippen LogP contribution in [0.15, 0.2) is 30.3 Å². The molecule has 4 nitrogen and oxygen atoms in total. The molecule has 1 aliphatic rings. The van der Waals surface area contributed by atoms with Crippen molar-refractivity contribution in [1.29, 1.82) is 0 Å². The molecule has 1 aromatic heterocycles. The van der Waals surface area contributed by atoms with E-state index in [4.69, 9.17) is 4.74 Å². The summed E-state index contributed by atoms with van der Waals surface area (Å²) in [5.74, 6) is -0.582. The van der Waals surface area contributed by atoms with Crippen LogP contribution in [0, 0.1) is 5.82 Å². The van der Waals surface area contributed by atoms with Gasteiger partial charge in [-0.1, -0.05) is 12.1 Å². The molecule has 1 N–H and O–H groups in total. The van der Waals surface area contributed by atoms with E-state index in [2.05, 4.69) is 10.3 Å². The number of nitrogens with zero attached hydrogens (tertiary/aromatic N) is 2. The molecule has 0 amide bonds. The minimum Gasteiger partial charge on any atom is -0.480 e. The SMILES string of the molecule is COc1nc(C(F)(F)F)c(-c2ccc(F)cc2)cc1N1CCNCC1. The Bertz CT molecular complexity index is 741. The number of anilines is 1. The molecular weight excluding hydrogens is 338 g/mol. The fraction of sp³-hybridized carbons (Fsp3) is 0.353. The minimum atomic E-state index is -4.65. The van der Waals surface area contributed by atoms with Gasteiger partial charge in [-0.15, -0.1) is 0 Å². The molecule has 0 radical (unpaired) electrons. The van der Waals surface area contributed by atoms with Crippen molar-refractivity contribution >= 4 is 5.69 Å². The molecule has 2 aromatic rings. The Morgan fingerprint density at radius 2 is 1.76 bits per heavy atom. The Hall–Kier alpha value is -2.35. The van der Waals surface area contributed by atoms with Crippen molar-refractivity contribution in [2.45, 2.75) is 6.18 Å². The quantitative estimate of drug-likeness (QED) is 0.857. The highest BCUT2D eigenvalue weighted by Crippen LogP contribution is 2.41. The molecule has 0 aliphatic carbocycles. The van der Waals surface area contributed by atoms with E-state index in [9.17, 15) is 17.6 Å². The average Bonchev–Trinajstić information content (AvgIpc) is 2.61. The molecular formula is C17H17F4N3O. The summed E-state index contributed by atoms with van der Waals surface area (Å²) in [5, 5.41) is 3.19. The van der Waals surface area contributed by atoms with Crippen LogP contribution in [-0.4, -0.2) is 38.3 Å². The highest BCUT2D eigenvalue weighted by atomic mass is 19.4. The molecule has 8 heteroatoms. The minimum absolute atomic E-state index is 0.0694. The Morgan fingerprint density at radius 3 is 2.32 bits per heavy atom. The smallest absolute Gasteiger partial charge is 0.434 e. The number of hydrogen-bond acceptors (Lipinski definition) is 4. The number of aromatic nitrogens is 1. The van der Waals surface area contributed by atoms with Gasteiger partial charge in [-0.2, -0.15) is 13.2 Å². The lowest BCUT2D eigenvalue weighted by atomic mass is 10.0. The predicted octanol–water partition coefficient (Wildman–Crippen LogP) is 3.32. The van der Waals surface area contributed by atoms with Crippen LogP contribution in [0.25, 0.3) is 11.1 Å². The van der Waals surface area contributed by atoms with Gasteiger partial charge in [-0.25, -0.2) is 9.37 Å². The van der Waals surface area contributed by atoms with E-state index in [1.165, 1.54) is 25.3 Å². The number of pyridine rings is 1. The molecule has 0 atom stereocenters. The third kappa shape index (κ3) is 3.68. The summed E-state index contributed by atoms with van der Waals surface area (Å²) < 4.78 is 58.7. The van der Waals surface area contributed by atoms with Crippen LogP contribution in [-0.2, 0) is 6.18 Å². The van der Waals surface area contributed by atoms with E-state index in [1.807, 2.05) is 4.90 Å². The molecule has 134 valence electrons. The Kier molecular flexibility index (Phi) is 4.80. The molecule has 0 bridgehead atoms. The van der Waals surface area contributed by atoms with Crippen LogP contribution >= 0.6 is 0 Å². The fourth-order valence-electron chi connectivity index (χ4n) is 2.83. The molecule has 1 aliphatic heterocycles. The second-order valence-electron chi connectivity index (χ2n) is 5.65. The second-order valence-corrected chi connectivity index (χ2v) is 5.65. The van der Waals surface area contributed by atoms with Gasteiger partial charge in [0.15, 0.2) is 5.69 Å². The summed E-state index contributed by atoms with van der Waals surface area (Å²) in [6, 6.07) is 6.31. The number of benzene rings is 1. The van der Waals surface area contributed by atoms with E-state index in [-0.39, 0.29) is 17.0 Å². The van der Waals surface area contributed by atoms with E-state index in [0.717, 1.165) is 25.2 Å². The molecule has 0 unspecified atom stereocenters. The number of piperazine rings is 1. The van der Waals surface area contributed by atoms with Crippen molar-refractivity contribution in [2.24, 2.45) is 0 Å². The Balaban J connectivity index is 2.17. The van der Waals surface area contributed by atoms with E-state index < -0.39 is 17.7 Å². The normalized spacial score (nSPS) is 15.3. The van der Waals surface area contributed by atoms with Crippen LogP contribution in [0.2, 0.25) is 0 Å². The third-order valence-electron chi connectivity index (χ3n) is 4.04. The third-order valence-corrected chi connectivity index (χ3v) is 4.04. The summed E-state index contributed by atoms with van der Waals surface area (Å²) in [7, 11) is 1.30.